The topological polar surface area (TPSA) is 69.7 Å². The van der Waals surface area contributed by atoms with Gasteiger partial charge in [-0.2, -0.15) is 4.31 Å². The number of nitrogens with one attached hydrogen (secondary N) is 1. The molecule has 160 valence electrons. The van der Waals surface area contributed by atoms with Crippen LogP contribution in [0.3, 0.4) is 0 Å². The standard InChI is InChI=1S/C22H26ClN3O3S/c23-20-10-8-19(9-11-20)15-30(28,29)26-14-12-22(26)16-25(17-22)21(27)24-13-4-7-18-5-2-1-3-6-18/h1-3,5-6,8-11H,4,7,12-17H2,(H,24,27). The highest BCUT2D eigenvalue weighted by molar-refractivity contribution is 7.88. The predicted octanol–water partition coefficient (Wildman–Crippen LogP) is 3.27. The van der Waals surface area contributed by atoms with Crippen molar-refractivity contribution in [1.82, 2.24) is 14.5 Å². The van der Waals surface area contributed by atoms with Gasteiger partial charge >= 0.3 is 6.03 Å². The Labute approximate surface area is 182 Å². The Kier molecular flexibility index (Phi) is 6.04. The third-order valence-electron chi connectivity index (χ3n) is 5.93. The summed E-state index contributed by atoms with van der Waals surface area (Å²) in [6.45, 7) is 2.03. The lowest BCUT2D eigenvalue weighted by atomic mass is 9.80. The molecule has 2 fully saturated rings. The van der Waals surface area contributed by atoms with E-state index in [0.29, 0.717) is 36.8 Å². The summed E-state index contributed by atoms with van der Waals surface area (Å²) in [7, 11) is -3.43. The molecule has 4 rings (SSSR count). The highest BCUT2D eigenvalue weighted by atomic mass is 35.5. The van der Waals surface area contributed by atoms with Crippen LogP contribution in [0.25, 0.3) is 0 Å². The van der Waals surface area contributed by atoms with Crippen LogP contribution in [0.15, 0.2) is 54.6 Å². The number of carbonyl (C=O) groups is 1. The minimum Gasteiger partial charge on any atom is -0.338 e. The van der Waals surface area contributed by atoms with Gasteiger partial charge in [-0.3, -0.25) is 0 Å². The summed E-state index contributed by atoms with van der Waals surface area (Å²) in [6.07, 6.45) is 2.59. The third-order valence-corrected chi connectivity index (χ3v) is 8.12. The van der Waals surface area contributed by atoms with Crippen LogP contribution in [0, 0.1) is 0 Å². The summed E-state index contributed by atoms with van der Waals surface area (Å²) in [5, 5.41) is 3.53. The lowest BCUT2D eigenvalue weighted by Crippen LogP contribution is -2.79. The predicted molar refractivity (Wildman–Crippen MR) is 118 cm³/mol. The zero-order chi connectivity index (χ0) is 21.2. The molecule has 0 unspecified atom stereocenters. The van der Waals surface area contributed by atoms with E-state index in [1.807, 2.05) is 18.2 Å². The molecule has 1 N–H and O–H groups in total. The van der Waals surface area contributed by atoms with Crippen molar-refractivity contribution in [3.8, 4) is 0 Å². The summed E-state index contributed by atoms with van der Waals surface area (Å²) in [5.74, 6) is -0.0440. The second-order valence-corrected chi connectivity index (χ2v) is 10.4. The molecule has 8 heteroatoms. The molecular weight excluding hydrogens is 422 g/mol. The third kappa shape index (κ3) is 4.48. The highest BCUT2D eigenvalue weighted by Gasteiger charge is 2.58. The maximum Gasteiger partial charge on any atom is 0.317 e. The van der Waals surface area contributed by atoms with Crippen molar-refractivity contribution < 1.29 is 13.2 Å². The number of aryl methyl sites for hydroxylation is 1. The molecule has 1 spiro atoms. The van der Waals surface area contributed by atoms with E-state index in [-0.39, 0.29) is 11.8 Å². The molecule has 0 atom stereocenters. The lowest BCUT2D eigenvalue weighted by Gasteiger charge is -2.61. The van der Waals surface area contributed by atoms with Crippen molar-refractivity contribution in [2.45, 2.75) is 30.6 Å². The van der Waals surface area contributed by atoms with E-state index >= 15 is 0 Å². The van der Waals surface area contributed by atoms with Crippen LogP contribution >= 0.6 is 11.6 Å². The van der Waals surface area contributed by atoms with Crippen LogP contribution in [0.2, 0.25) is 5.02 Å². The molecule has 30 heavy (non-hydrogen) atoms. The average Bonchev–Trinajstić information content (AvgIpc) is 2.65. The minimum absolute atomic E-state index is 0.0440. The van der Waals surface area contributed by atoms with Gasteiger partial charge in [0.2, 0.25) is 10.0 Å². The van der Waals surface area contributed by atoms with E-state index < -0.39 is 15.6 Å². The van der Waals surface area contributed by atoms with Crippen molar-refractivity contribution in [3.05, 3.63) is 70.7 Å². The first-order valence-electron chi connectivity index (χ1n) is 10.2. The first kappa shape index (κ1) is 21.2. The van der Waals surface area contributed by atoms with Gasteiger partial charge in [0.25, 0.3) is 0 Å². The van der Waals surface area contributed by atoms with E-state index in [2.05, 4.69) is 17.4 Å². The molecule has 6 nitrogen and oxygen atoms in total. The van der Waals surface area contributed by atoms with Crippen molar-refractivity contribution in [2.75, 3.05) is 26.2 Å². The van der Waals surface area contributed by atoms with Crippen LogP contribution in [0.1, 0.15) is 24.0 Å². The molecule has 2 aliphatic heterocycles. The maximum absolute atomic E-state index is 12.9. The summed E-state index contributed by atoms with van der Waals surface area (Å²) < 4.78 is 27.3. The number of hydrogen-bond acceptors (Lipinski definition) is 3. The molecule has 2 aliphatic rings. The molecular formula is C22H26ClN3O3S. The Balaban J connectivity index is 1.24. The highest BCUT2D eigenvalue weighted by Crippen LogP contribution is 2.41. The monoisotopic (exact) mass is 447 g/mol. The normalized spacial score (nSPS) is 18.0. The number of benzene rings is 2. The van der Waals surface area contributed by atoms with E-state index in [9.17, 15) is 13.2 Å². The Hall–Kier alpha value is -2.09. The summed E-state index contributed by atoms with van der Waals surface area (Å²) in [5.41, 5.74) is 1.55. The first-order chi connectivity index (χ1) is 14.4. The lowest BCUT2D eigenvalue weighted by molar-refractivity contribution is -0.0501. The number of sulfonamides is 1. The van der Waals surface area contributed by atoms with Crippen LogP contribution in [0.5, 0.6) is 0 Å². The van der Waals surface area contributed by atoms with Gasteiger partial charge in [-0.1, -0.05) is 54.1 Å². The van der Waals surface area contributed by atoms with Crippen LogP contribution in [0.4, 0.5) is 4.79 Å². The Morgan fingerprint density at radius 1 is 1.03 bits per heavy atom. The molecule has 0 aliphatic carbocycles. The van der Waals surface area contributed by atoms with E-state index in [0.717, 1.165) is 19.3 Å². The molecule has 2 saturated heterocycles. The number of hydrogen-bond donors (Lipinski definition) is 1. The summed E-state index contributed by atoms with van der Waals surface area (Å²) >= 11 is 5.88. The van der Waals surface area contributed by atoms with Gasteiger partial charge in [-0.15, -0.1) is 0 Å². The first-order valence-corrected chi connectivity index (χ1v) is 12.2. The zero-order valence-corrected chi connectivity index (χ0v) is 18.3. The number of rotatable bonds is 7. The van der Waals surface area contributed by atoms with Crippen molar-refractivity contribution >= 4 is 27.7 Å². The van der Waals surface area contributed by atoms with Gasteiger partial charge in [-0.25, -0.2) is 13.2 Å². The second-order valence-electron chi connectivity index (χ2n) is 8.11. The van der Waals surface area contributed by atoms with Crippen molar-refractivity contribution in [2.24, 2.45) is 0 Å². The molecule has 0 radical (unpaired) electrons. The van der Waals surface area contributed by atoms with Gasteiger partial charge in [0.15, 0.2) is 0 Å². The molecule has 2 aromatic carbocycles. The molecule has 0 saturated carbocycles. The van der Waals surface area contributed by atoms with Gasteiger partial charge in [-0.05, 0) is 42.5 Å². The average molecular weight is 448 g/mol. The fraction of sp³-hybridized carbons (Fsp3) is 0.409. The largest absolute Gasteiger partial charge is 0.338 e. The van der Waals surface area contributed by atoms with Crippen LogP contribution in [-0.2, 0) is 22.2 Å². The molecule has 0 bridgehead atoms. The van der Waals surface area contributed by atoms with Gasteiger partial charge in [0.1, 0.15) is 0 Å². The second kappa shape index (κ2) is 8.57. The Morgan fingerprint density at radius 3 is 2.37 bits per heavy atom. The fourth-order valence-corrected chi connectivity index (χ4v) is 6.25. The summed E-state index contributed by atoms with van der Waals surface area (Å²) in [6, 6.07) is 16.9. The SMILES string of the molecule is O=C(NCCCc1ccccc1)N1CC2(CCN2S(=O)(=O)Cc2ccc(Cl)cc2)C1. The van der Waals surface area contributed by atoms with E-state index in [1.165, 1.54) is 5.56 Å². The molecule has 2 amide bonds. The van der Waals surface area contributed by atoms with E-state index in [1.54, 1.807) is 33.5 Å². The minimum atomic E-state index is -3.43. The Morgan fingerprint density at radius 2 is 1.73 bits per heavy atom. The number of likely N-dealkylation sites (tertiary alicyclic amines) is 1. The van der Waals surface area contributed by atoms with Crippen molar-refractivity contribution in [3.63, 3.8) is 0 Å². The quantitative estimate of drug-likeness (QED) is 0.662. The van der Waals surface area contributed by atoms with E-state index in [4.69, 9.17) is 11.6 Å². The number of halogens is 1. The van der Waals surface area contributed by atoms with Crippen LogP contribution < -0.4 is 5.32 Å². The van der Waals surface area contributed by atoms with Gasteiger partial charge in [0, 0.05) is 31.2 Å². The number of carbonyl (C=O) groups excluding carboxylic acids is 1. The smallest absolute Gasteiger partial charge is 0.317 e. The number of nitrogens with zero attached hydrogens (tertiary/aromatic N) is 2. The summed E-state index contributed by atoms with van der Waals surface area (Å²) in [4.78, 5) is 14.1. The molecule has 2 heterocycles. The maximum atomic E-state index is 12.9. The Bertz CT molecular complexity index is 990. The van der Waals surface area contributed by atoms with Crippen LogP contribution in [-0.4, -0.2) is 55.4 Å². The van der Waals surface area contributed by atoms with Crippen molar-refractivity contribution in [1.29, 1.82) is 0 Å². The van der Waals surface area contributed by atoms with Gasteiger partial charge < -0.3 is 10.2 Å². The number of urea groups is 1. The number of amides is 2. The fourth-order valence-electron chi connectivity index (χ4n) is 4.19. The molecule has 2 aromatic rings. The molecule has 0 aromatic heterocycles. The zero-order valence-electron chi connectivity index (χ0n) is 16.8. The van der Waals surface area contributed by atoms with Gasteiger partial charge in [0.05, 0.1) is 11.3 Å².